The van der Waals surface area contributed by atoms with Crippen LogP contribution in [0.3, 0.4) is 0 Å². The van der Waals surface area contributed by atoms with Crippen LogP contribution >= 0.6 is 0 Å². The summed E-state index contributed by atoms with van der Waals surface area (Å²) in [6.45, 7) is 1.33. The molecule has 1 atom stereocenters. The minimum atomic E-state index is -0.551. The average Bonchev–Trinajstić information content (AvgIpc) is 2.61. The highest BCUT2D eigenvalue weighted by molar-refractivity contribution is 5.94. The zero-order chi connectivity index (χ0) is 16.7. The van der Waals surface area contributed by atoms with Gasteiger partial charge in [-0.1, -0.05) is 6.07 Å². The Bertz CT molecular complexity index is 819. The number of carbonyl (C=O) groups is 1. The SMILES string of the molecule is NC(=O)c1ncc(-c2ccc3c(c2)C(O)CCO3)c2c1[CH]COC2. The third-order valence-corrected chi connectivity index (χ3v) is 4.44. The Morgan fingerprint density at radius 3 is 3.08 bits per heavy atom. The molecule has 0 fully saturated rings. The number of aliphatic hydroxyl groups is 1. The maximum Gasteiger partial charge on any atom is 0.267 e. The van der Waals surface area contributed by atoms with E-state index >= 15 is 0 Å². The fourth-order valence-electron chi connectivity index (χ4n) is 3.23. The van der Waals surface area contributed by atoms with E-state index in [2.05, 4.69) is 4.98 Å². The lowest BCUT2D eigenvalue weighted by molar-refractivity contribution is 0.0991. The highest BCUT2D eigenvalue weighted by Crippen LogP contribution is 2.37. The average molecular weight is 325 g/mol. The van der Waals surface area contributed by atoms with Gasteiger partial charge in [-0.2, -0.15) is 0 Å². The number of amides is 1. The number of benzene rings is 1. The second-order valence-electron chi connectivity index (χ2n) is 5.90. The molecule has 6 nitrogen and oxygen atoms in total. The quantitative estimate of drug-likeness (QED) is 0.877. The third kappa shape index (κ3) is 2.44. The maximum absolute atomic E-state index is 11.6. The molecule has 2 aliphatic heterocycles. The molecule has 1 unspecified atom stereocenters. The van der Waals surface area contributed by atoms with Crippen LogP contribution in [0.25, 0.3) is 11.1 Å². The summed E-state index contributed by atoms with van der Waals surface area (Å²) in [4.78, 5) is 15.8. The Morgan fingerprint density at radius 2 is 2.25 bits per heavy atom. The van der Waals surface area contributed by atoms with Crippen molar-refractivity contribution in [3.05, 3.63) is 53.2 Å². The van der Waals surface area contributed by atoms with E-state index in [1.54, 1.807) is 6.20 Å². The van der Waals surface area contributed by atoms with E-state index in [0.29, 0.717) is 32.0 Å². The lowest BCUT2D eigenvalue weighted by Crippen LogP contribution is -2.21. The van der Waals surface area contributed by atoms with Crippen LogP contribution in [0.2, 0.25) is 0 Å². The van der Waals surface area contributed by atoms with Crippen molar-refractivity contribution in [3.8, 4) is 16.9 Å². The summed E-state index contributed by atoms with van der Waals surface area (Å²) in [5, 5.41) is 10.2. The van der Waals surface area contributed by atoms with Crippen LogP contribution in [-0.2, 0) is 11.3 Å². The molecule has 24 heavy (non-hydrogen) atoms. The molecule has 1 aromatic carbocycles. The number of pyridine rings is 1. The highest BCUT2D eigenvalue weighted by atomic mass is 16.5. The number of nitrogens with two attached hydrogens (primary N) is 1. The number of hydrogen-bond donors (Lipinski definition) is 2. The van der Waals surface area contributed by atoms with Crippen molar-refractivity contribution in [1.82, 2.24) is 4.98 Å². The predicted molar refractivity (Wildman–Crippen MR) is 86.3 cm³/mol. The highest BCUT2D eigenvalue weighted by Gasteiger charge is 2.24. The number of aromatic nitrogens is 1. The van der Waals surface area contributed by atoms with Crippen molar-refractivity contribution >= 4 is 5.91 Å². The number of rotatable bonds is 2. The second-order valence-corrected chi connectivity index (χ2v) is 5.90. The number of nitrogens with zero attached hydrogens (tertiary/aromatic N) is 1. The summed E-state index contributed by atoms with van der Waals surface area (Å²) in [5.74, 6) is 0.154. The number of primary amides is 1. The van der Waals surface area contributed by atoms with Gasteiger partial charge in [-0.05, 0) is 28.8 Å². The fourth-order valence-corrected chi connectivity index (χ4v) is 3.23. The van der Waals surface area contributed by atoms with Crippen LogP contribution in [0.15, 0.2) is 24.4 Å². The van der Waals surface area contributed by atoms with Gasteiger partial charge in [0.25, 0.3) is 5.91 Å². The molecule has 0 spiro atoms. The summed E-state index contributed by atoms with van der Waals surface area (Å²) >= 11 is 0. The van der Waals surface area contributed by atoms with E-state index in [4.69, 9.17) is 15.2 Å². The van der Waals surface area contributed by atoms with E-state index in [0.717, 1.165) is 27.8 Å². The molecule has 1 amide bonds. The molecular weight excluding hydrogens is 308 g/mol. The number of fused-ring (bicyclic) bond motifs is 2. The van der Waals surface area contributed by atoms with Crippen LogP contribution in [0.1, 0.15) is 39.7 Å². The summed E-state index contributed by atoms with van der Waals surface area (Å²) < 4.78 is 11.1. The minimum absolute atomic E-state index is 0.262. The molecule has 0 saturated carbocycles. The third-order valence-electron chi connectivity index (χ3n) is 4.44. The van der Waals surface area contributed by atoms with Gasteiger partial charge < -0.3 is 20.3 Å². The Morgan fingerprint density at radius 1 is 1.38 bits per heavy atom. The zero-order valence-corrected chi connectivity index (χ0v) is 13.0. The fraction of sp³-hybridized carbons (Fsp3) is 0.278. The Labute approximate surface area is 139 Å². The number of aliphatic hydroxyl groups excluding tert-OH is 1. The topological polar surface area (TPSA) is 94.7 Å². The van der Waals surface area contributed by atoms with Crippen LogP contribution in [0, 0.1) is 6.42 Å². The van der Waals surface area contributed by atoms with Gasteiger partial charge in [0.05, 0.1) is 25.9 Å². The van der Waals surface area contributed by atoms with Crippen molar-refractivity contribution in [3.63, 3.8) is 0 Å². The number of hydrogen-bond acceptors (Lipinski definition) is 5. The molecule has 6 heteroatoms. The first-order valence-corrected chi connectivity index (χ1v) is 7.83. The van der Waals surface area contributed by atoms with Gasteiger partial charge in [-0.3, -0.25) is 9.78 Å². The van der Waals surface area contributed by atoms with Gasteiger partial charge >= 0.3 is 0 Å². The van der Waals surface area contributed by atoms with Gasteiger partial charge in [0.15, 0.2) is 0 Å². The Balaban J connectivity index is 1.85. The minimum Gasteiger partial charge on any atom is -0.493 e. The van der Waals surface area contributed by atoms with Crippen LogP contribution in [-0.4, -0.2) is 29.2 Å². The maximum atomic E-state index is 11.6. The second kappa shape index (κ2) is 5.89. The van der Waals surface area contributed by atoms with E-state index in [1.165, 1.54) is 0 Å². The molecule has 2 aliphatic rings. The summed E-state index contributed by atoms with van der Waals surface area (Å²) in [6.07, 6.45) is 3.50. The normalized spacial score (nSPS) is 19.1. The Kier molecular flexibility index (Phi) is 3.70. The van der Waals surface area contributed by atoms with Gasteiger partial charge in [0, 0.05) is 30.2 Å². The Hall–Kier alpha value is -2.44. The van der Waals surface area contributed by atoms with Gasteiger partial charge in [-0.25, -0.2) is 0 Å². The van der Waals surface area contributed by atoms with E-state index in [9.17, 15) is 9.90 Å². The zero-order valence-electron chi connectivity index (χ0n) is 13.0. The number of ether oxygens (including phenoxy) is 2. The summed E-state index contributed by atoms with van der Waals surface area (Å²) in [5.41, 5.74) is 9.85. The van der Waals surface area contributed by atoms with Gasteiger partial charge in [-0.15, -0.1) is 0 Å². The number of carbonyl (C=O) groups excluding carboxylic acids is 1. The summed E-state index contributed by atoms with van der Waals surface area (Å²) in [6, 6.07) is 5.69. The molecule has 0 saturated heterocycles. The molecular formula is C18H17N2O4. The van der Waals surface area contributed by atoms with Crippen molar-refractivity contribution in [2.75, 3.05) is 13.2 Å². The molecule has 0 aliphatic carbocycles. The lowest BCUT2D eigenvalue weighted by atomic mass is 9.91. The monoisotopic (exact) mass is 325 g/mol. The van der Waals surface area contributed by atoms with E-state index in [-0.39, 0.29) is 5.69 Å². The van der Waals surface area contributed by atoms with Crippen molar-refractivity contribution in [1.29, 1.82) is 0 Å². The first-order chi connectivity index (χ1) is 11.6. The van der Waals surface area contributed by atoms with Gasteiger partial charge in [0.2, 0.25) is 0 Å². The van der Waals surface area contributed by atoms with Crippen molar-refractivity contribution in [2.24, 2.45) is 5.73 Å². The lowest BCUT2D eigenvalue weighted by Gasteiger charge is -2.24. The molecule has 1 aromatic heterocycles. The molecule has 4 rings (SSSR count). The summed E-state index contributed by atoms with van der Waals surface area (Å²) in [7, 11) is 0. The smallest absolute Gasteiger partial charge is 0.267 e. The molecule has 123 valence electrons. The molecule has 1 radical (unpaired) electrons. The van der Waals surface area contributed by atoms with Crippen molar-refractivity contribution in [2.45, 2.75) is 19.1 Å². The van der Waals surface area contributed by atoms with Crippen LogP contribution in [0.5, 0.6) is 5.75 Å². The standard InChI is InChI=1S/C18H17N2O4/c19-18(22)17-11-3-5-23-9-14(11)13(8-20-17)10-1-2-16-12(7-10)15(21)4-6-24-16/h1-3,7-8,15,21H,4-6,9H2,(H2,19,22). The van der Waals surface area contributed by atoms with Crippen molar-refractivity contribution < 1.29 is 19.4 Å². The van der Waals surface area contributed by atoms with Gasteiger partial charge in [0.1, 0.15) is 11.4 Å². The predicted octanol–water partition coefficient (Wildman–Crippen LogP) is 1.75. The molecule has 3 heterocycles. The van der Waals surface area contributed by atoms with E-state index in [1.807, 2.05) is 24.6 Å². The first-order valence-electron chi connectivity index (χ1n) is 7.83. The molecule has 0 bridgehead atoms. The van der Waals surface area contributed by atoms with E-state index < -0.39 is 12.0 Å². The first kappa shape index (κ1) is 15.1. The molecule has 3 N–H and O–H groups in total. The van der Waals surface area contributed by atoms with Crippen LogP contribution < -0.4 is 10.5 Å². The largest absolute Gasteiger partial charge is 0.493 e. The molecule has 2 aromatic rings. The van der Waals surface area contributed by atoms with Crippen LogP contribution in [0.4, 0.5) is 0 Å².